The zero-order chi connectivity index (χ0) is 22.8. The van der Waals surface area contributed by atoms with Gasteiger partial charge in [-0.1, -0.05) is 98.8 Å². The van der Waals surface area contributed by atoms with Crippen LogP contribution in [0.4, 0.5) is 0 Å². The van der Waals surface area contributed by atoms with Gasteiger partial charge in [0.05, 0.1) is 11.8 Å². The zero-order valence-electron chi connectivity index (χ0n) is 18.9. The molecule has 32 heavy (non-hydrogen) atoms. The lowest BCUT2D eigenvalue weighted by Gasteiger charge is -2.16. The molecule has 2 N–H and O–H groups in total. The zero-order valence-corrected chi connectivity index (χ0v) is 18.9. The summed E-state index contributed by atoms with van der Waals surface area (Å²) in [5.41, 5.74) is 4.15. The molecule has 166 valence electrons. The van der Waals surface area contributed by atoms with Gasteiger partial charge in [0.25, 0.3) is 0 Å². The molecule has 3 aromatic rings. The summed E-state index contributed by atoms with van der Waals surface area (Å²) in [7, 11) is 0. The Kier molecular flexibility index (Phi) is 8.61. The maximum Gasteiger partial charge on any atom is 0.227 e. The fourth-order valence-electron chi connectivity index (χ4n) is 3.92. The molecule has 0 aliphatic heterocycles. The Morgan fingerprint density at radius 1 is 0.594 bits per heavy atom. The van der Waals surface area contributed by atoms with Crippen molar-refractivity contribution in [3.05, 3.63) is 107 Å². The minimum absolute atomic E-state index is 0.0431. The smallest absolute Gasteiger partial charge is 0.227 e. The topological polar surface area (TPSA) is 58.2 Å². The van der Waals surface area contributed by atoms with Gasteiger partial charge in [-0.3, -0.25) is 9.59 Å². The summed E-state index contributed by atoms with van der Waals surface area (Å²) < 4.78 is 0. The van der Waals surface area contributed by atoms with E-state index in [0.717, 1.165) is 35.1 Å². The van der Waals surface area contributed by atoms with E-state index >= 15 is 0 Å². The lowest BCUT2D eigenvalue weighted by atomic mass is 9.95. The summed E-state index contributed by atoms with van der Waals surface area (Å²) in [5.74, 6) is -0.188. The van der Waals surface area contributed by atoms with Crippen LogP contribution in [0.5, 0.6) is 0 Å². The maximum atomic E-state index is 12.6. The fraction of sp³-hybridized carbons (Fsp3) is 0.286. The van der Waals surface area contributed by atoms with E-state index in [1.165, 1.54) is 0 Å². The third kappa shape index (κ3) is 6.30. The molecule has 0 heterocycles. The largest absolute Gasteiger partial charge is 0.351 e. The van der Waals surface area contributed by atoms with Crippen molar-refractivity contribution in [2.75, 3.05) is 0 Å². The van der Waals surface area contributed by atoms with Crippen molar-refractivity contribution in [1.82, 2.24) is 10.6 Å². The van der Waals surface area contributed by atoms with E-state index < -0.39 is 0 Å². The van der Waals surface area contributed by atoms with Crippen LogP contribution < -0.4 is 10.6 Å². The van der Waals surface area contributed by atoms with Gasteiger partial charge >= 0.3 is 0 Å². The Hall–Kier alpha value is -3.40. The molecular weight excluding hydrogens is 396 g/mol. The highest BCUT2D eigenvalue weighted by atomic mass is 16.2. The number of rotatable bonds is 10. The first-order chi connectivity index (χ1) is 15.6. The van der Waals surface area contributed by atoms with E-state index in [0.29, 0.717) is 13.1 Å². The van der Waals surface area contributed by atoms with Crippen LogP contribution in [0.1, 0.15) is 60.8 Å². The average Bonchev–Trinajstić information content (AvgIpc) is 2.84. The van der Waals surface area contributed by atoms with Gasteiger partial charge in [-0.15, -0.1) is 0 Å². The summed E-state index contributed by atoms with van der Waals surface area (Å²) in [6, 6.07) is 27.8. The molecule has 0 aliphatic rings. The van der Waals surface area contributed by atoms with Crippen molar-refractivity contribution in [2.45, 2.75) is 51.6 Å². The van der Waals surface area contributed by atoms with Crippen LogP contribution in [0.3, 0.4) is 0 Å². The number of hydrogen-bond donors (Lipinski definition) is 2. The van der Waals surface area contributed by atoms with Crippen LogP contribution in [0, 0.1) is 0 Å². The second kappa shape index (κ2) is 11.8. The Morgan fingerprint density at radius 2 is 0.938 bits per heavy atom. The number of amides is 2. The number of benzene rings is 3. The van der Waals surface area contributed by atoms with Gasteiger partial charge in [0, 0.05) is 13.1 Å². The van der Waals surface area contributed by atoms with E-state index in [9.17, 15) is 9.59 Å². The first kappa shape index (κ1) is 23.3. The molecule has 0 aliphatic carbocycles. The first-order valence-electron chi connectivity index (χ1n) is 11.4. The van der Waals surface area contributed by atoms with Crippen LogP contribution in [-0.2, 0) is 22.7 Å². The van der Waals surface area contributed by atoms with Crippen molar-refractivity contribution in [1.29, 1.82) is 0 Å². The van der Waals surface area contributed by atoms with E-state index in [1.54, 1.807) is 0 Å². The van der Waals surface area contributed by atoms with Crippen LogP contribution in [0.15, 0.2) is 84.9 Å². The predicted molar refractivity (Wildman–Crippen MR) is 129 cm³/mol. The number of carbonyl (C=O) groups excluding carboxylic acids is 2. The molecule has 2 amide bonds. The highest BCUT2D eigenvalue weighted by molar-refractivity contribution is 5.84. The van der Waals surface area contributed by atoms with E-state index in [4.69, 9.17) is 0 Å². The van der Waals surface area contributed by atoms with Crippen LogP contribution in [-0.4, -0.2) is 11.8 Å². The maximum absolute atomic E-state index is 12.6. The summed E-state index contributed by atoms with van der Waals surface area (Å²) >= 11 is 0. The molecule has 0 saturated heterocycles. The molecular formula is C28H32N2O2. The van der Waals surface area contributed by atoms with Crippen molar-refractivity contribution in [3.63, 3.8) is 0 Å². The van der Waals surface area contributed by atoms with Gasteiger partial charge in [-0.25, -0.2) is 0 Å². The molecule has 0 saturated carbocycles. The molecule has 0 fully saturated rings. The summed E-state index contributed by atoms with van der Waals surface area (Å²) in [5, 5.41) is 6.10. The third-order valence-electron chi connectivity index (χ3n) is 5.81. The Morgan fingerprint density at radius 3 is 1.25 bits per heavy atom. The minimum Gasteiger partial charge on any atom is -0.351 e. The van der Waals surface area contributed by atoms with Crippen molar-refractivity contribution in [3.8, 4) is 0 Å². The summed E-state index contributed by atoms with van der Waals surface area (Å²) in [6.07, 6.45) is 1.52. The van der Waals surface area contributed by atoms with Crippen molar-refractivity contribution >= 4 is 11.8 Å². The van der Waals surface area contributed by atoms with Gasteiger partial charge in [0.15, 0.2) is 0 Å². The first-order valence-corrected chi connectivity index (χ1v) is 11.4. The fourth-order valence-corrected chi connectivity index (χ4v) is 3.92. The molecule has 4 nitrogen and oxygen atoms in total. The number of hydrogen-bond acceptors (Lipinski definition) is 2. The Labute approximate surface area is 191 Å². The van der Waals surface area contributed by atoms with Crippen LogP contribution in [0.2, 0.25) is 0 Å². The molecule has 4 heteroatoms. The van der Waals surface area contributed by atoms with Gasteiger partial charge in [0.1, 0.15) is 0 Å². The molecule has 2 atom stereocenters. The lowest BCUT2D eigenvalue weighted by Crippen LogP contribution is -2.29. The second-order valence-electron chi connectivity index (χ2n) is 8.00. The molecule has 0 unspecified atom stereocenters. The van der Waals surface area contributed by atoms with Gasteiger partial charge in [-0.2, -0.15) is 0 Å². The predicted octanol–water partition coefficient (Wildman–Crippen LogP) is 5.31. The van der Waals surface area contributed by atoms with Crippen LogP contribution >= 0.6 is 0 Å². The van der Waals surface area contributed by atoms with E-state index in [1.807, 2.05) is 98.8 Å². The monoisotopic (exact) mass is 428 g/mol. The summed E-state index contributed by atoms with van der Waals surface area (Å²) in [6.45, 7) is 5.03. The Bertz CT molecular complexity index is 902. The van der Waals surface area contributed by atoms with E-state index in [2.05, 4.69) is 10.6 Å². The highest BCUT2D eigenvalue weighted by Crippen LogP contribution is 2.20. The quantitative estimate of drug-likeness (QED) is 0.460. The standard InChI is InChI=1S/C28H32N2O2/c1-3-25(23-11-7-5-8-12-23)27(31)29-19-21-15-17-22(18-16-21)20-30-28(32)26(4-2)24-13-9-6-10-14-24/h5-18,25-26H,3-4,19-20H2,1-2H3,(H,29,31)(H,30,32)/t25-,26-/m1/s1. The van der Waals surface area contributed by atoms with Gasteiger partial charge in [-0.05, 0) is 35.1 Å². The normalized spacial score (nSPS) is 12.6. The number of nitrogens with one attached hydrogen (secondary N) is 2. The SMILES string of the molecule is CC[C@@H](C(=O)NCc1ccc(CNC(=O)[C@H](CC)c2ccccc2)cc1)c1ccccc1. The van der Waals surface area contributed by atoms with E-state index in [-0.39, 0.29) is 23.7 Å². The van der Waals surface area contributed by atoms with Crippen molar-refractivity contribution < 1.29 is 9.59 Å². The lowest BCUT2D eigenvalue weighted by molar-refractivity contribution is -0.123. The molecule has 3 aromatic carbocycles. The average molecular weight is 429 g/mol. The molecule has 3 rings (SSSR count). The van der Waals surface area contributed by atoms with Crippen LogP contribution in [0.25, 0.3) is 0 Å². The molecule has 0 aromatic heterocycles. The third-order valence-corrected chi connectivity index (χ3v) is 5.81. The number of carbonyl (C=O) groups is 2. The molecule has 0 spiro atoms. The molecule has 0 radical (unpaired) electrons. The Balaban J connectivity index is 1.50. The van der Waals surface area contributed by atoms with Gasteiger partial charge < -0.3 is 10.6 Å². The minimum atomic E-state index is -0.137. The van der Waals surface area contributed by atoms with Gasteiger partial charge in [0.2, 0.25) is 11.8 Å². The molecule has 0 bridgehead atoms. The summed E-state index contributed by atoms with van der Waals surface area (Å²) in [4.78, 5) is 25.3. The highest BCUT2D eigenvalue weighted by Gasteiger charge is 2.19. The second-order valence-corrected chi connectivity index (χ2v) is 8.00. The van der Waals surface area contributed by atoms with Crippen molar-refractivity contribution in [2.24, 2.45) is 0 Å².